The molecule has 1 N–H and O–H groups in total. The van der Waals surface area contributed by atoms with E-state index in [9.17, 15) is 4.79 Å². The topological polar surface area (TPSA) is 32.3 Å². The maximum Gasteiger partial charge on any atom is 0.223 e. The van der Waals surface area contributed by atoms with Crippen LogP contribution in [0.25, 0.3) is 0 Å². The molecule has 1 amide bonds. The predicted molar refractivity (Wildman–Crippen MR) is 87.4 cm³/mol. The monoisotopic (exact) mass is 288 g/mol. The first kappa shape index (κ1) is 16.0. The molecule has 2 rings (SSSR count). The standard InChI is InChI=1S/C18H28N2O/c1-14-7-4-5-9-17(14)15(2)11-18(21)20-10-6-8-16(13-20)12-19-3/h4-5,7,9,15-16,19H,6,8,10-13H2,1-3H3/t15-,16+/m1/s1. The molecule has 116 valence electrons. The van der Waals surface area contributed by atoms with Gasteiger partial charge in [0, 0.05) is 19.5 Å². The van der Waals surface area contributed by atoms with Gasteiger partial charge in [-0.25, -0.2) is 0 Å². The summed E-state index contributed by atoms with van der Waals surface area (Å²) in [4.78, 5) is 14.6. The normalized spacial score (nSPS) is 20.3. The van der Waals surface area contributed by atoms with Crippen LogP contribution in [-0.4, -0.2) is 37.5 Å². The fourth-order valence-electron chi connectivity index (χ4n) is 3.39. The second-order valence-corrected chi connectivity index (χ2v) is 6.37. The first-order chi connectivity index (χ1) is 10.1. The molecule has 1 aromatic carbocycles. The molecule has 1 heterocycles. The van der Waals surface area contributed by atoms with Crippen molar-refractivity contribution in [3.63, 3.8) is 0 Å². The van der Waals surface area contributed by atoms with Crippen LogP contribution in [0.4, 0.5) is 0 Å². The van der Waals surface area contributed by atoms with E-state index in [0.29, 0.717) is 24.2 Å². The number of benzene rings is 1. The van der Waals surface area contributed by atoms with Crippen molar-refractivity contribution in [3.05, 3.63) is 35.4 Å². The number of amides is 1. The number of nitrogens with zero attached hydrogens (tertiary/aromatic N) is 1. The molecule has 1 aliphatic rings. The molecular formula is C18H28N2O. The van der Waals surface area contributed by atoms with Gasteiger partial charge < -0.3 is 10.2 Å². The number of likely N-dealkylation sites (tertiary alicyclic amines) is 1. The third kappa shape index (κ3) is 4.31. The minimum atomic E-state index is 0.295. The highest BCUT2D eigenvalue weighted by Crippen LogP contribution is 2.24. The number of carbonyl (C=O) groups is 1. The molecule has 0 aromatic heterocycles. The first-order valence-electron chi connectivity index (χ1n) is 8.09. The summed E-state index contributed by atoms with van der Waals surface area (Å²) in [5.41, 5.74) is 2.58. The largest absolute Gasteiger partial charge is 0.342 e. The van der Waals surface area contributed by atoms with Gasteiger partial charge in [-0.2, -0.15) is 0 Å². The molecule has 1 fully saturated rings. The van der Waals surface area contributed by atoms with Gasteiger partial charge in [-0.3, -0.25) is 4.79 Å². The molecule has 1 saturated heterocycles. The Balaban J connectivity index is 1.93. The molecule has 0 radical (unpaired) electrons. The van der Waals surface area contributed by atoms with E-state index in [2.05, 4.69) is 48.3 Å². The highest BCUT2D eigenvalue weighted by Gasteiger charge is 2.24. The molecule has 2 atom stereocenters. The molecule has 0 saturated carbocycles. The van der Waals surface area contributed by atoms with E-state index >= 15 is 0 Å². The zero-order chi connectivity index (χ0) is 15.2. The Morgan fingerprint density at radius 2 is 2.19 bits per heavy atom. The van der Waals surface area contributed by atoms with Crippen LogP contribution in [0.3, 0.4) is 0 Å². The van der Waals surface area contributed by atoms with Crippen molar-refractivity contribution in [2.75, 3.05) is 26.7 Å². The van der Waals surface area contributed by atoms with Crippen molar-refractivity contribution in [1.82, 2.24) is 10.2 Å². The maximum absolute atomic E-state index is 12.5. The highest BCUT2D eigenvalue weighted by molar-refractivity contribution is 5.77. The third-order valence-electron chi connectivity index (χ3n) is 4.56. The van der Waals surface area contributed by atoms with Gasteiger partial charge in [-0.1, -0.05) is 31.2 Å². The second-order valence-electron chi connectivity index (χ2n) is 6.37. The lowest BCUT2D eigenvalue weighted by Crippen LogP contribution is -2.42. The Labute approximate surface area is 128 Å². The molecule has 1 aromatic rings. The van der Waals surface area contributed by atoms with Crippen molar-refractivity contribution < 1.29 is 4.79 Å². The van der Waals surface area contributed by atoms with Crippen LogP contribution in [0, 0.1) is 12.8 Å². The van der Waals surface area contributed by atoms with Crippen molar-refractivity contribution >= 4 is 5.91 Å². The van der Waals surface area contributed by atoms with Crippen molar-refractivity contribution in [2.24, 2.45) is 5.92 Å². The molecular weight excluding hydrogens is 260 g/mol. The molecule has 0 bridgehead atoms. The van der Waals surface area contributed by atoms with Gasteiger partial charge in [0.05, 0.1) is 0 Å². The molecule has 3 nitrogen and oxygen atoms in total. The number of rotatable bonds is 5. The second kappa shape index (κ2) is 7.60. The Kier molecular flexibility index (Phi) is 5.80. The number of carbonyl (C=O) groups excluding carboxylic acids is 1. The van der Waals surface area contributed by atoms with E-state index in [1.54, 1.807) is 0 Å². The summed E-state index contributed by atoms with van der Waals surface area (Å²) in [5, 5.41) is 3.23. The average Bonchev–Trinajstić information content (AvgIpc) is 2.48. The summed E-state index contributed by atoms with van der Waals surface area (Å²) in [6, 6.07) is 8.39. The maximum atomic E-state index is 12.5. The molecule has 0 aliphatic carbocycles. The summed E-state index contributed by atoms with van der Waals surface area (Å²) in [6.45, 7) is 7.15. The quantitative estimate of drug-likeness (QED) is 0.903. The molecule has 1 aliphatic heterocycles. The van der Waals surface area contributed by atoms with E-state index in [1.165, 1.54) is 17.5 Å². The summed E-state index contributed by atoms with van der Waals surface area (Å²) < 4.78 is 0. The van der Waals surface area contributed by atoms with Crippen molar-refractivity contribution in [2.45, 2.75) is 39.0 Å². The lowest BCUT2D eigenvalue weighted by atomic mass is 9.92. The lowest BCUT2D eigenvalue weighted by molar-refractivity contribution is -0.133. The summed E-state index contributed by atoms with van der Waals surface area (Å²) >= 11 is 0. The highest BCUT2D eigenvalue weighted by atomic mass is 16.2. The number of nitrogens with one attached hydrogen (secondary N) is 1. The van der Waals surface area contributed by atoms with E-state index in [0.717, 1.165) is 26.1 Å². The molecule has 0 spiro atoms. The van der Waals surface area contributed by atoms with Gasteiger partial charge in [-0.15, -0.1) is 0 Å². The van der Waals surface area contributed by atoms with Crippen LogP contribution >= 0.6 is 0 Å². The Morgan fingerprint density at radius 3 is 2.90 bits per heavy atom. The van der Waals surface area contributed by atoms with Gasteiger partial charge in [-0.05, 0) is 56.3 Å². The zero-order valence-corrected chi connectivity index (χ0v) is 13.6. The lowest BCUT2D eigenvalue weighted by Gasteiger charge is -2.33. The fourth-order valence-corrected chi connectivity index (χ4v) is 3.39. The summed E-state index contributed by atoms with van der Waals surface area (Å²) in [6.07, 6.45) is 2.99. The number of aryl methyl sites for hydroxylation is 1. The molecule has 21 heavy (non-hydrogen) atoms. The van der Waals surface area contributed by atoms with Gasteiger partial charge in [0.15, 0.2) is 0 Å². The third-order valence-corrected chi connectivity index (χ3v) is 4.56. The van der Waals surface area contributed by atoms with E-state index in [1.807, 2.05) is 7.05 Å². The van der Waals surface area contributed by atoms with Gasteiger partial charge in [0.2, 0.25) is 5.91 Å². The minimum absolute atomic E-state index is 0.295. The van der Waals surface area contributed by atoms with E-state index in [4.69, 9.17) is 0 Å². The Bertz CT molecular complexity index is 470. The van der Waals surface area contributed by atoms with E-state index in [-0.39, 0.29) is 0 Å². The van der Waals surface area contributed by atoms with Gasteiger partial charge in [0.25, 0.3) is 0 Å². The average molecular weight is 288 g/mol. The molecule has 3 heteroatoms. The van der Waals surface area contributed by atoms with E-state index < -0.39 is 0 Å². The first-order valence-corrected chi connectivity index (χ1v) is 8.09. The smallest absolute Gasteiger partial charge is 0.223 e. The number of hydrogen-bond acceptors (Lipinski definition) is 2. The zero-order valence-electron chi connectivity index (χ0n) is 13.6. The van der Waals surface area contributed by atoms with Crippen molar-refractivity contribution in [3.8, 4) is 0 Å². The van der Waals surface area contributed by atoms with Crippen LogP contribution in [-0.2, 0) is 4.79 Å². The van der Waals surface area contributed by atoms with Crippen LogP contribution < -0.4 is 5.32 Å². The summed E-state index contributed by atoms with van der Waals surface area (Å²) in [7, 11) is 1.99. The fraction of sp³-hybridized carbons (Fsp3) is 0.611. The predicted octanol–water partition coefficient (Wildman–Crippen LogP) is 2.95. The Morgan fingerprint density at radius 1 is 1.43 bits per heavy atom. The minimum Gasteiger partial charge on any atom is -0.342 e. The Hall–Kier alpha value is -1.35. The van der Waals surface area contributed by atoms with Crippen molar-refractivity contribution in [1.29, 1.82) is 0 Å². The number of piperidine rings is 1. The molecule has 0 unspecified atom stereocenters. The summed E-state index contributed by atoms with van der Waals surface area (Å²) in [5.74, 6) is 1.22. The van der Waals surface area contributed by atoms with Gasteiger partial charge >= 0.3 is 0 Å². The number of hydrogen-bond donors (Lipinski definition) is 1. The van der Waals surface area contributed by atoms with Crippen LogP contribution in [0.15, 0.2) is 24.3 Å². The van der Waals surface area contributed by atoms with Gasteiger partial charge in [0.1, 0.15) is 0 Å². The SMILES string of the molecule is CNC[C@@H]1CCCN(C(=O)C[C@@H](C)c2ccccc2C)C1. The van der Waals surface area contributed by atoms with Crippen LogP contribution in [0.2, 0.25) is 0 Å². The van der Waals surface area contributed by atoms with Crippen LogP contribution in [0.5, 0.6) is 0 Å². The van der Waals surface area contributed by atoms with Crippen LogP contribution in [0.1, 0.15) is 43.2 Å².